The summed E-state index contributed by atoms with van der Waals surface area (Å²) in [7, 11) is 2.14. The molecular formula is C21H20N4. The van der Waals surface area contributed by atoms with Crippen molar-refractivity contribution in [3.05, 3.63) is 82.9 Å². The fourth-order valence-corrected chi connectivity index (χ4v) is 3.51. The lowest BCUT2D eigenvalue weighted by Crippen LogP contribution is -2.12. The van der Waals surface area contributed by atoms with Gasteiger partial charge in [0.25, 0.3) is 0 Å². The summed E-state index contributed by atoms with van der Waals surface area (Å²) >= 11 is 0. The van der Waals surface area contributed by atoms with E-state index in [1.807, 2.05) is 36.7 Å². The van der Waals surface area contributed by atoms with Gasteiger partial charge in [0.15, 0.2) is 0 Å². The first-order valence-electron chi connectivity index (χ1n) is 8.55. The van der Waals surface area contributed by atoms with Gasteiger partial charge in [-0.15, -0.1) is 0 Å². The standard InChI is InChI=1S/C21H20N4/c1-24-10-8-17-12-16(6-7-20(17)24)13-21-23-9-11-25(21)15-19-5-3-2-4-18(19)14-22/h2-7,9,11-12H,8,10,13,15H2,1H3. The number of likely N-dealkylation sites (N-methyl/N-ethyl adjacent to an activating group) is 1. The largest absolute Gasteiger partial charge is 0.374 e. The molecule has 4 rings (SSSR count). The van der Waals surface area contributed by atoms with Crippen molar-refractivity contribution in [3.8, 4) is 6.07 Å². The van der Waals surface area contributed by atoms with Gasteiger partial charge in [-0.2, -0.15) is 5.26 Å². The Morgan fingerprint density at radius 3 is 2.96 bits per heavy atom. The van der Waals surface area contributed by atoms with E-state index in [2.05, 4.69) is 45.8 Å². The average Bonchev–Trinajstić information content (AvgIpc) is 3.22. The van der Waals surface area contributed by atoms with Crippen LogP contribution in [0.25, 0.3) is 0 Å². The van der Waals surface area contributed by atoms with Gasteiger partial charge in [0.1, 0.15) is 5.82 Å². The van der Waals surface area contributed by atoms with Crippen LogP contribution in [0.2, 0.25) is 0 Å². The minimum atomic E-state index is 0.673. The van der Waals surface area contributed by atoms with E-state index in [4.69, 9.17) is 0 Å². The number of nitriles is 1. The first-order valence-corrected chi connectivity index (χ1v) is 8.55. The first kappa shape index (κ1) is 15.5. The Kier molecular flexibility index (Phi) is 3.99. The number of nitrogens with zero attached hydrogens (tertiary/aromatic N) is 4. The van der Waals surface area contributed by atoms with Gasteiger partial charge in [0, 0.05) is 38.1 Å². The molecule has 0 N–H and O–H groups in total. The van der Waals surface area contributed by atoms with Crippen molar-refractivity contribution < 1.29 is 0 Å². The zero-order valence-corrected chi connectivity index (χ0v) is 14.3. The summed E-state index contributed by atoms with van der Waals surface area (Å²) in [6.45, 7) is 1.77. The van der Waals surface area contributed by atoms with Crippen LogP contribution in [0.4, 0.5) is 5.69 Å². The summed E-state index contributed by atoms with van der Waals surface area (Å²) in [6, 6.07) is 16.7. The van der Waals surface area contributed by atoms with Crippen LogP contribution in [-0.2, 0) is 19.4 Å². The maximum absolute atomic E-state index is 9.28. The Balaban J connectivity index is 1.57. The van der Waals surface area contributed by atoms with Crippen LogP contribution in [-0.4, -0.2) is 23.1 Å². The second kappa shape index (κ2) is 6.45. The number of aromatic nitrogens is 2. The molecule has 0 radical (unpaired) electrons. The normalized spacial score (nSPS) is 12.9. The van der Waals surface area contributed by atoms with Gasteiger partial charge in [-0.05, 0) is 35.2 Å². The number of anilines is 1. The maximum atomic E-state index is 9.28. The Bertz CT molecular complexity index is 949. The second-order valence-corrected chi connectivity index (χ2v) is 6.55. The highest BCUT2D eigenvalue weighted by atomic mass is 15.1. The van der Waals surface area contributed by atoms with Gasteiger partial charge < -0.3 is 9.47 Å². The van der Waals surface area contributed by atoms with Crippen molar-refractivity contribution in [2.24, 2.45) is 0 Å². The van der Waals surface area contributed by atoms with Gasteiger partial charge >= 0.3 is 0 Å². The average molecular weight is 328 g/mol. The molecule has 1 aliphatic rings. The van der Waals surface area contributed by atoms with Crippen molar-refractivity contribution in [1.29, 1.82) is 5.26 Å². The van der Waals surface area contributed by atoms with E-state index >= 15 is 0 Å². The molecule has 1 aliphatic heterocycles. The van der Waals surface area contributed by atoms with Crippen LogP contribution in [0, 0.1) is 11.3 Å². The zero-order chi connectivity index (χ0) is 17.2. The van der Waals surface area contributed by atoms with E-state index in [0.29, 0.717) is 6.54 Å². The predicted octanol–water partition coefficient (Wildman–Crippen LogP) is 3.39. The number of hydrogen-bond donors (Lipinski definition) is 0. The first-order chi connectivity index (χ1) is 12.2. The molecule has 0 saturated carbocycles. The summed E-state index contributed by atoms with van der Waals surface area (Å²) < 4.78 is 2.13. The molecule has 0 amide bonds. The predicted molar refractivity (Wildman–Crippen MR) is 98.7 cm³/mol. The molecule has 0 aliphatic carbocycles. The van der Waals surface area contributed by atoms with E-state index < -0.39 is 0 Å². The third kappa shape index (κ3) is 3.01. The van der Waals surface area contributed by atoms with E-state index in [1.165, 1.54) is 16.8 Å². The summed E-state index contributed by atoms with van der Waals surface area (Å²) in [6.07, 6.45) is 5.75. The summed E-state index contributed by atoms with van der Waals surface area (Å²) in [5.41, 5.74) is 5.81. The van der Waals surface area contributed by atoms with Crippen molar-refractivity contribution in [1.82, 2.24) is 9.55 Å². The minimum absolute atomic E-state index is 0.673. The minimum Gasteiger partial charge on any atom is -0.374 e. The highest BCUT2D eigenvalue weighted by molar-refractivity contribution is 5.58. The fourth-order valence-electron chi connectivity index (χ4n) is 3.51. The van der Waals surface area contributed by atoms with E-state index in [1.54, 1.807) is 0 Å². The topological polar surface area (TPSA) is 44.9 Å². The number of fused-ring (bicyclic) bond motifs is 1. The van der Waals surface area contributed by atoms with Crippen LogP contribution in [0.15, 0.2) is 54.9 Å². The lowest BCUT2D eigenvalue weighted by molar-refractivity contribution is 0.739. The van der Waals surface area contributed by atoms with Crippen LogP contribution in [0.3, 0.4) is 0 Å². The molecule has 0 fully saturated rings. The molecule has 0 saturated heterocycles. The van der Waals surface area contributed by atoms with Crippen LogP contribution in [0.1, 0.15) is 28.1 Å². The molecule has 124 valence electrons. The van der Waals surface area contributed by atoms with Crippen molar-refractivity contribution in [2.75, 3.05) is 18.5 Å². The number of hydrogen-bond acceptors (Lipinski definition) is 3. The van der Waals surface area contributed by atoms with E-state index in [9.17, 15) is 5.26 Å². The van der Waals surface area contributed by atoms with Gasteiger partial charge in [-0.25, -0.2) is 4.98 Å². The molecule has 2 heterocycles. The molecule has 2 aromatic carbocycles. The second-order valence-electron chi connectivity index (χ2n) is 6.55. The third-order valence-corrected chi connectivity index (χ3v) is 4.91. The number of rotatable bonds is 4. The van der Waals surface area contributed by atoms with E-state index in [0.717, 1.165) is 36.3 Å². The van der Waals surface area contributed by atoms with Gasteiger partial charge in [0.05, 0.1) is 18.2 Å². The zero-order valence-electron chi connectivity index (χ0n) is 14.3. The molecule has 0 spiro atoms. The maximum Gasteiger partial charge on any atom is 0.113 e. The Labute approximate surface area is 148 Å². The molecule has 4 nitrogen and oxygen atoms in total. The number of benzene rings is 2. The van der Waals surface area contributed by atoms with Crippen molar-refractivity contribution in [3.63, 3.8) is 0 Å². The third-order valence-electron chi connectivity index (χ3n) is 4.91. The van der Waals surface area contributed by atoms with Crippen LogP contribution >= 0.6 is 0 Å². The molecule has 3 aromatic rings. The highest BCUT2D eigenvalue weighted by Crippen LogP contribution is 2.28. The molecule has 0 unspecified atom stereocenters. The molecule has 0 atom stereocenters. The molecule has 1 aromatic heterocycles. The Morgan fingerprint density at radius 1 is 1.20 bits per heavy atom. The number of imidazole rings is 1. The van der Waals surface area contributed by atoms with Gasteiger partial charge in [-0.3, -0.25) is 0 Å². The van der Waals surface area contributed by atoms with Crippen molar-refractivity contribution >= 4 is 5.69 Å². The van der Waals surface area contributed by atoms with Crippen LogP contribution in [0.5, 0.6) is 0 Å². The van der Waals surface area contributed by atoms with E-state index in [-0.39, 0.29) is 0 Å². The fraction of sp³-hybridized carbons (Fsp3) is 0.238. The Morgan fingerprint density at radius 2 is 2.08 bits per heavy atom. The lowest BCUT2D eigenvalue weighted by atomic mass is 10.1. The van der Waals surface area contributed by atoms with Crippen LogP contribution < -0.4 is 4.90 Å². The molecule has 25 heavy (non-hydrogen) atoms. The van der Waals surface area contributed by atoms with Crippen molar-refractivity contribution in [2.45, 2.75) is 19.4 Å². The van der Waals surface area contributed by atoms with Gasteiger partial charge in [-0.1, -0.05) is 30.3 Å². The molecular weight excluding hydrogens is 308 g/mol. The Hall–Kier alpha value is -3.06. The summed E-state index contributed by atoms with van der Waals surface area (Å²) in [5, 5.41) is 9.28. The summed E-state index contributed by atoms with van der Waals surface area (Å²) in [5.74, 6) is 1.03. The molecule has 0 bridgehead atoms. The smallest absolute Gasteiger partial charge is 0.113 e. The monoisotopic (exact) mass is 328 g/mol. The molecule has 4 heteroatoms. The lowest BCUT2D eigenvalue weighted by Gasteiger charge is -2.13. The quantitative estimate of drug-likeness (QED) is 0.737. The SMILES string of the molecule is CN1CCc2cc(Cc3nccn3Cc3ccccc3C#N)ccc21. The van der Waals surface area contributed by atoms with Gasteiger partial charge in [0.2, 0.25) is 0 Å². The highest BCUT2D eigenvalue weighted by Gasteiger charge is 2.16. The summed E-state index contributed by atoms with van der Waals surface area (Å²) in [4.78, 5) is 6.85.